The molecule has 30 heavy (non-hydrogen) atoms. The SMILES string of the molecule is COc1cc2c(cc1OC)C(c1c(O)n(-c3cccc(C)c3)c(=O)[nH]c1=O)NCC2. The van der Waals surface area contributed by atoms with Gasteiger partial charge in [-0.25, -0.2) is 9.36 Å². The number of nitrogens with one attached hydrogen (secondary N) is 2. The molecule has 1 aliphatic rings. The monoisotopic (exact) mass is 409 g/mol. The normalized spacial score (nSPS) is 15.5. The van der Waals surface area contributed by atoms with E-state index in [0.29, 0.717) is 23.7 Å². The fraction of sp³-hybridized carbons (Fsp3) is 0.273. The Labute approximate surface area is 172 Å². The zero-order valence-electron chi connectivity index (χ0n) is 17.0. The summed E-state index contributed by atoms with van der Waals surface area (Å²) in [7, 11) is 3.11. The van der Waals surface area contributed by atoms with Crippen molar-refractivity contribution in [1.82, 2.24) is 14.9 Å². The van der Waals surface area contributed by atoms with Crippen LogP contribution in [-0.2, 0) is 6.42 Å². The van der Waals surface area contributed by atoms with E-state index in [9.17, 15) is 14.7 Å². The molecule has 0 saturated carbocycles. The van der Waals surface area contributed by atoms with Gasteiger partial charge in [0.25, 0.3) is 5.56 Å². The van der Waals surface area contributed by atoms with E-state index in [1.807, 2.05) is 19.1 Å². The van der Waals surface area contributed by atoms with Crippen molar-refractivity contribution in [2.24, 2.45) is 0 Å². The van der Waals surface area contributed by atoms with Crippen LogP contribution >= 0.6 is 0 Å². The first-order valence-electron chi connectivity index (χ1n) is 9.58. The van der Waals surface area contributed by atoms with Gasteiger partial charge in [-0.3, -0.25) is 9.78 Å². The minimum atomic E-state index is -0.699. The van der Waals surface area contributed by atoms with Gasteiger partial charge >= 0.3 is 5.69 Å². The van der Waals surface area contributed by atoms with E-state index in [2.05, 4.69) is 10.3 Å². The van der Waals surface area contributed by atoms with Crippen LogP contribution in [0.1, 0.15) is 28.3 Å². The highest BCUT2D eigenvalue weighted by Crippen LogP contribution is 2.38. The van der Waals surface area contributed by atoms with Crippen LogP contribution in [0.4, 0.5) is 0 Å². The Balaban J connectivity index is 1.94. The number of aromatic amines is 1. The molecule has 3 N–H and O–H groups in total. The second-order valence-corrected chi connectivity index (χ2v) is 7.21. The number of ether oxygens (including phenoxy) is 2. The number of aromatic nitrogens is 2. The first kappa shape index (κ1) is 19.8. The molecule has 0 fully saturated rings. The molecule has 1 aromatic heterocycles. The maximum atomic E-state index is 12.8. The number of aromatic hydroxyl groups is 1. The predicted molar refractivity (Wildman–Crippen MR) is 112 cm³/mol. The molecule has 0 radical (unpaired) electrons. The molecule has 0 aliphatic carbocycles. The lowest BCUT2D eigenvalue weighted by Crippen LogP contribution is -2.38. The van der Waals surface area contributed by atoms with Crippen molar-refractivity contribution in [1.29, 1.82) is 0 Å². The molecule has 4 rings (SSSR count). The quantitative estimate of drug-likeness (QED) is 0.607. The maximum absolute atomic E-state index is 12.8. The third kappa shape index (κ3) is 3.25. The fourth-order valence-electron chi connectivity index (χ4n) is 3.95. The molecule has 0 spiro atoms. The smallest absolute Gasteiger partial charge is 0.335 e. The first-order valence-corrected chi connectivity index (χ1v) is 9.58. The van der Waals surface area contributed by atoms with Gasteiger partial charge in [0.1, 0.15) is 0 Å². The first-order chi connectivity index (χ1) is 14.4. The number of aryl methyl sites for hydroxylation is 1. The lowest BCUT2D eigenvalue weighted by atomic mass is 9.90. The Morgan fingerprint density at radius 3 is 2.53 bits per heavy atom. The van der Waals surface area contributed by atoms with Gasteiger partial charge in [0.05, 0.1) is 31.5 Å². The van der Waals surface area contributed by atoms with Crippen molar-refractivity contribution < 1.29 is 14.6 Å². The van der Waals surface area contributed by atoms with Gasteiger partial charge in [-0.05, 0) is 54.3 Å². The summed E-state index contributed by atoms with van der Waals surface area (Å²) in [6.45, 7) is 2.48. The minimum absolute atomic E-state index is 0.0734. The van der Waals surface area contributed by atoms with Crippen LogP contribution in [0.5, 0.6) is 17.4 Å². The van der Waals surface area contributed by atoms with E-state index in [0.717, 1.165) is 27.7 Å². The van der Waals surface area contributed by atoms with Crippen molar-refractivity contribution in [2.75, 3.05) is 20.8 Å². The molecule has 3 aromatic rings. The number of H-pyrrole nitrogens is 1. The summed E-state index contributed by atoms with van der Waals surface area (Å²) in [4.78, 5) is 27.6. The van der Waals surface area contributed by atoms with Crippen molar-refractivity contribution in [3.05, 3.63) is 79.5 Å². The lowest BCUT2D eigenvalue weighted by Gasteiger charge is -2.28. The molecule has 0 amide bonds. The van der Waals surface area contributed by atoms with Crippen LogP contribution in [0, 0.1) is 6.92 Å². The van der Waals surface area contributed by atoms with Gasteiger partial charge < -0.3 is 19.9 Å². The topological polar surface area (TPSA) is 106 Å². The number of rotatable bonds is 4. The number of methoxy groups -OCH3 is 2. The maximum Gasteiger partial charge on any atom is 0.335 e. The molecular formula is C22H23N3O5. The average molecular weight is 409 g/mol. The van der Waals surface area contributed by atoms with Gasteiger partial charge in [-0.2, -0.15) is 0 Å². The molecule has 0 saturated heterocycles. The summed E-state index contributed by atoms with van der Waals surface area (Å²) in [6, 6.07) is 10.2. The second kappa shape index (κ2) is 7.72. The molecule has 1 aliphatic heterocycles. The minimum Gasteiger partial charge on any atom is -0.494 e. The highest BCUT2D eigenvalue weighted by atomic mass is 16.5. The standard InChI is InChI=1S/C22H23N3O5/c1-12-5-4-6-14(9-12)25-21(27)18(20(26)24-22(25)28)19-15-11-17(30-3)16(29-2)10-13(15)7-8-23-19/h4-6,9-11,19,23,27H,7-8H2,1-3H3,(H,24,26,28). The summed E-state index contributed by atoms with van der Waals surface area (Å²) in [5.74, 6) is 0.724. The lowest BCUT2D eigenvalue weighted by molar-refractivity contribution is 0.352. The van der Waals surface area contributed by atoms with E-state index >= 15 is 0 Å². The van der Waals surface area contributed by atoms with Crippen LogP contribution in [0.3, 0.4) is 0 Å². The zero-order chi connectivity index (χ0) is 21.4. The molecular weight excluding hydrogens is 386 g/mol. The molecule has 1 atom stereocenters. The van der Waals surface area contributed by atoms with E-state index in [-0.39, 0.29) is 5.56 Å². The van der Waals surface area contributed by atoms with Crippen LogP contribution in [-0.4, -0.2) is 35.4 Å². The van der Waals surface area contributed by atoms with Crippen molar-refractivity contribution in [3.8, 4) is 23.1 Å². The summed E-state index contributed by atoms with van der Waals surface area (Å²) in [5.41, 5.74) is 1.89. The van der Waals surface area contributed by atoms with Gasteiger partial charge in [-0.1, -0.05) is 12.1 Å². The Hall–Kier alpha value is -3.52. The molecule has 2 aromatic carbocycles. The Morgan fingerprint density at radius 2 is 1.83 bits per heavy atom. The predicted octanol–water partition coefficient (Wildman–Crippen LogP) is 1.79. The zero-order valence-corrected chi connectivity index (χ0v) is 17.0. The van der Waals surface area contributed by atoms with Crippen molar-refractivity contribution >= 4 is 0 Å². The molecule has 0 bridgehead atoms. The van der Waals surface area contributed by atoms with Crippen LogP contribution in [0.15, 0.2) is 46.0 Å². The summed E-state index contributed by atoms with van der Waals surface area (Å²) in [5, 5.41) is 14.3. The molecule has 8 nitrogen and oxygen atoms in total. The number of fused-ring (bicyclic) bond motifs is 1. The number of nitrogens with zero attached hydrogens (tertiary/aromatic N) is 1. The third-order valence-corrected chi connectivity index (χ3v) is 5.37. The van der Waals surface area contributed by atoms with Gasteiger partial charge in [0.15, 0.2) is 11.5 Å². The van der Waals surface area contributed by atoms with E-state index in [1.54, 1.807) is 31.4 Å². The van der Waals surface area contributed by atoms with Crippen molar-refractivity contribution in [3.63, 3.8) is 0 Å². The Bertz CT molecular complexity index is 1230. The molecule has 156 valence electrons. The largest absolute Gasteiger partial charge is 0.494 e. The number of hydrogen-bond donors (Lipinski definition) is 3. The summed E-state index contributed by atoms with van der Waals surface area (Å²) in [6.07, 6.45) is 0.725. The van der Waals surface area contributed by atoms with Crippen LogP contribution in [0.25, 0.3) is 5.69 Å². The van der Waals surface area contributed by atoms with Gasteiger partial charge in [0.2, 0.25) is 5.88 Å². The average Bonchev–Trinajstić information content (AvgIpc) is 2.72. The number of benzene rings is 2. The molecule has 1 unspecified atom stereocenters. The van der Waals surface area contributed by atoms with Gasteiger partial charge in [0, 0.05) is 6.54 Å². The van der Waals surface area contributed by atoms with Crippen molar-refractivity contribution in [2.45, 2.75) is 19.4 Å². The molecule has 8 heteroatoms. The summed E-state index contributed by atoms with van der Waals surface area (Å²) >= 11 is 0. The van der Waals surface area contributed by atoms with E-state index < -0.39 is 23.2 Å². The second-order valence-electron chi connectivity index (χ2n) is 7.21. The Morgan fingerprint density at radius 1 is 1.10 bits per heavy atom. The van der Waals surface area contributed by atoms with Crippen LogP contribution in [0.2, 0.25) is 0 Å². The van der Waals surface area contributed by atoms with E-state index in [4.69, 9.17) is 9.47 Å². The highest BCUT2D eigenvalue weighted by molar-refractivity contribution is 5.53. The highest BCUT2D eigenvalue weighted by Gasteiger charge is 2.30. The third-order valence-electron chi connectivity index (χ3n) is 5.37. The summed E-state index contributed by atoms with van der Waals surface area (Å²) < 4.78 is 11.9. The van der Waals surface area contributed by atoms with E-state index in [1.165, 1.54) is 7.11 Å². The Kier molecular flexibility index (Phi) is 5.09. The molecule has 2 heterocycles. The van der Waals surface area contributed by atoms with Gasteiger partial charge in [-0.15, -0.1) is 0 Å². The fourth-order valence-corrected chi connectivity index (χ4v) is 3.95. The van der Waals surface area contributed by atoms with Crippen LogP contribution < -0.4 is 26.0 Å². The number of hydrogen-bond acceptors (Lipinski definition) is 6.